The molecular formula is C14H18F3N. The molecule has 0 spiro atoms. The molecule has 0 radical (unpaired) electrons. The van der Waals surface area contributed by atoms with Crippen LogP contribution in [0.25, 0.3) is 0 Å². The van der Waals surface area contributed by atoms with E-state index in [1.54, 1.807) is 0 Å². The van der Waals surface area contributed by atoms with Crippen molar-refractivity contribution in [3.8, 4) is 0 Å². The van der Waals surface area contributed by atoms with Crippen LogP contribution < -0.4 is 5.73 Å². The average molecular weight is 257 g/mol. The van der Waals surface area contributed by atoms with Crippen molar-refractivity contribution >= 4 is 0 Å². The monoisotopic (exact) mass is 257 g/mol. The molecule has 1 nitrogen and oxygen atoms in total. The molecule has 100 valence electrons. The van der Waals surface area contributed by atoms with Crippen molar-refractivity contribution in [3.05, 3.63) is 47.5 Å². The van der Waals surface area contributed by atoms with Gasteiger partial charge in [0.05, 0.1) is 5.56 Å². The van der Waals surface area contributed by atoms with E-state index in [0.717, 1.165) is 12.1 Å². The van der Waals surface area contributed by atoms with Gasteiger partial charge < -0.3 is 5.73 Å². The molecule has 1 atom stereocenters. The lowest BCUT2D eigenvalue weighted by Gasteiger charge is -2.14. The summed E-state index contributed by atoms with van der Waals surface area (Å²) in [5.41, 5.74) is 5.91. The van der Waals surface area contributed by atoms with Crippen LogP contribution in [-0.4, -0.2) is 0 Å². The molecule has 0 fully saturated rings. The predicted octanol–water partition coefficient (Wildman–Crippen LogP) is 4.31. The smallest absolute Gasteiger partial charge is 0.321 e. The van der Waals surface area contributed by atoms with Crippen molar-refractivity contribution in [2.24, 2.45) is 11.1 Å². The Morgan fingerprint density at radius 3 is 1.94 bits per heavy atom. The lowest BCUT2D eigenvalue weighted by molar-refractivity contribution is -0.137. The van der Waals surface area contributed by atoms with E-state index < -0.39 is 11.7 Å². The van der Waals surface area contributed by atoms with E-state index in [0.29, 0.717) is 5.56 Å². The van der Waals surface area contributed by atoms with E-state index in [1.807, 2.05) is 32.9 Å². The van der Waals surface area contributed by atoms with Crippen LogP contribution in [0, 0.1) is 5.41 Å². The first-order valence-corrected chi connectivity index (χ1v) is 5.72. The molecule has 1 unspecified atom stereocenters. The van der Waals surface area contributed by atoms with Crippen LogP contribution in [0.15, 0.2) is 36.4 Å². The standard InChI is InChI=1S/C14H18F3N/c1-13(2,3)9-8-12(18)10-4-6-11(7-5-10)14(15,16)17/h4-9,12H,18H2,1-3H3/b9-8+. The molecule has 18 heavy (non-hydrogen) atoms. The summed E-state index contributed by atoms with van der Waals surface area (Å²) >= 11 is 0. The van der Waals surface area contributed by atoms with Gasteiger partial charge in [-0.15, -0.1) is 0 Å². The third kappa shape index (κ3) is 4.53. The first kappa shape index (κ1) is 14.8. The maximum atomic E-state index is 12.4. The third-order valence-electron chi connectivity index (χ3n) is 2.43. The molecule has 0 saturated carbocycles. The second-order valence-corrected chi connectivity index (χ2v) is 5.37. The van der Waals surface area contributed by atoms with E-state index >= 15 is 0 Å². The fourth-order valence-electron chi connectivity index (χ4n) is 1.40. The second-order valence-electron chi connectivity index (χ2n) is 5.37. The Kier molecular flexibility index (Phi) is 4.22. The van der Waals surface area contributed by atoms with E-state index in [2.05, 4.69) is 0 Å². The number of allylic oxidation sites excluding steroid dienone is 1. The van der Waals surface area contributed by atoms with E-state index in [4.69, 9.17) is 5.73 Å². The molecular weight excluding hydrogens is 239 g/mol. The minimum absolute atomic E-state index is 0.00350. The molecule has 0 bridgehead atoms. The molecule has 0 aromatic heterocycles. The minimum atomic E-state index is -4.30. The Bertz CT molecular complexity index is 410. The van der Waals surface area contributed by atoms with Gasteiger partial charge in [-0.05, 0) is 23.1 Å². The first-order chi connectivity index (χ1) is 8.09. The largest absolute Gasteiger partial charge is 0.416 e. The zero-order chi connectivity index (χ0) is 14.0. The molecule has 0 amide bonds. The first-order valence-electron chi connectivity index (χ1n) is 5.72. The molecule has 0 aliphatic heterocycles. The second kappa shape index (κ2) is 5.14. The zero-order valence-corrected chi connectivity index (χ0v) is 10.8. The Balaban J connectivity index is 2.83. The molecule has 4 heteroatoms. The number of benzene rings is 1. The molecule has 0 aliphatic carbocycles. The van der Waals surface area contributed by atoms with Crippen molar-refractivity contribution in [2.45, 2.75) is 33.0 Å². The van der Waals surface area contributed by atoms with Crippen LogP contribution in [0.2, 0.25) is 0 Å². The molecule has 1 aromatic rings. The third-order valence-corrected chi connectivity index (χ3v) is 2.43. The summed E-state index contributed by atoms with van der Waals surface area (Å²) in [7, 11) is 0. The summed E-state index contributed by atoms with van der Waals surface area (Å²) in [6, 6.07) is 4.56. The van der Waals surface area contributed by atoms with Gasteiger partial charge in [-0.1, -0.05) is 45.1 Å². The van der Waals surface area contributed by atoms with Crippen molar-refractivity contribution in [1.82, 2.24) is 0 Å². The van der Waals surface area contributed by atoms with Gasteiger partial charge in [-0.2, -0.15) is 13.2 Å². The summed E-state index contributed by atoms with van der Waals surface area (Å²) in [5, 5.41) is 0. The van der Waals surface area contributed by atoms with E-state index in [-0.39, 0.29) is 11.5 Å². The highest BCUT2D eigenvalue weighted by molar-refractivity contribution is 5.28. The summed E-state index contributed by atoms with van der Waals surface area (Å²) in [4.78, 5) is 0. The van der Waals surface area contributed by atoms with Gasteiger partial charge in [0.25, 0.3) is 0 Å². The van der Waals surface area contributed by atoms with Gasteiger partial charge in [0.2, 0.25) is 0 Å². The van der Waals surface area contributed by atoms with Gasteiger partial charge in [-0.25, -0.2) is 0 Å². The lowest BCUT2D eigenvalue weighted by atomic mass is 9.94. The number of rotatable bonds is 2. The van der Waals surface area contributed by atoms with Gasteiger partial charge in [0.1, 0.15) is 0 Å². The number of halogens is 3. The van der Waals surface area contributed by atoms with Crippen LogP contribution in [0.5, 0.6) is 0 Å². The van der Waals surface area contributed by atoms with Gasteiger partial charge >= 0.3 is 6.18 Å². The van der Waals surface area contributed by atoms with Crippen LogP contribution in [0.1, 0.15) is 37.9 Å². The van der Waals surface area contributed by atoms with Crippen LogP contribution in [-0.2, 0) is 6.18 Å². The molecule has 1 rings (SSSR count). The minimum Gasteiger partial charge on any atom is -0.321 e. The highest BCUT2D eigenvalue weighted by Gasteiger charge is 2.30. The van der Waals surface area contributed by atoms with Gasteiger partial charge in [0.15, 0.2) is 0 Å². The normalized spacial score (nSPS) is 15.1. The quantitative estimate of drug-likeness (QED) is 0.785. The highest BCUT2D eigenvalue weighted by Crippen LogP contribution is 2.30. The van der Waals surface area contributed by atoms with Crippen molar-refractivity contribution in [3.63, 3.8) is 0 Å². The summed E-state index contributed by atoms with van der Waals surface area (Å²) < 4.78 is 37.1. The van der Waals surface area contributed by atoms with Crippen molar-refractivity contribution in [1.29, 1.82) is 0 Å². The van der Waals surface area contributed by atoms with E-state index in [1.165, 1.54) is 12.1 Å². The lowest BCUT2D eigenvalue weighted by Crippen LogP contribution is -2.10. The maximum absolute atomic E-state index is 12.4. The SMILES string of the molecule is CC(C)(C)/C=C/C(N)c1ccc(C(F)(F)F)cc1. The summed E-state index contributed by atoms with van der Waals surface area (Å²) in [6.45, 7) is 6.09. The molecule has 0 heterocycles. The fourth-order valence-corrected chi connectivity index (χ4v) is 1.40. The van der Waals surface area contributed by atoms with Crippen LogP contribution in [0.3, 0.4) is 0 Å². The average Bonchev–Trinajstić information content (AvgIpc) is 2.24. The predicted molar refractivity (Wildman–Crippen MR) is 67.0 cm³/mol. The molecule has 0 saturated heterocycles. The number of hydrogen-bond acceptors (Lipinski definition) is 1. The fraction of sp³-hybridized carbons (Fsp3) is 0.429. The number of nitrogens with two attached hydrogens (primary N) is 1. The Morgan fingerprint density at radius 1 is 1.06 bits per heavy atom. The van der Waals surface area contributed by atoms with E-state index in [9.17, 15) is 13.2 Å². The van der Waals surface area contributed by atoms with Gasteiger partial charge in [-0.3, -0.25) is 0 Å². The Morgan fingerprint density at radius 2 is 1.56 bits per heavy atom. The van der Waals surface area contributed by atoms with Crippen LogP contribution in [0.4, 0.5) is 13.2 Å². The molecule has 0 aliphatic rings. The zero-order valence-electron chi connectivity index (χ0n) is 10.8. The summed E-state index contributed by atoms with van der Waals surface area (Å²) in [5.74, 6) is 0. The Hall–Kier alpha value is -1.29. The maximum Gasteiger partial charge on any atom is 0.416 e. The van der Waals surface area contributed by atoms with Gasteiger partial charge in [0, 0.05) is 6.04 Å². The molecule has 2 N–H and O–H groups in total. The Labute approximate surface area is 105 Å². The number of alkyl halides is 3. The highest BCUT2D eigenvalue weighted by atomic mass is 19.4. The van der Waals surface area contributed by atoms with Crippen LogP contribution >= 0.6 is 0 Å². The topological polar surface area (TPSA) is 26.0 Å². The van der Waals surface area contributed by atoms with Crippen molar-refractivity contribution < 1.29 is 13.2 Å². The number of hydrogen-bond donors (Lipinski definition) is 1. The summed E-state index contributed by atoms with van der Waals surface area (Å²) in [6.07, 6.45) is -0.540. The molecule has 1 aromatic carbocycles. The van der Waals surface area contributed by atoms with Crippen molar-refractivity contribution in [2.75, 3.05) is 0 Å².